The van der Waals surface area contributed by atoms with Crippen molar-refractivity contribution in [1.82, 2.24) is 14.4 Å². The molecule has 0 aliphatic carbocycles. The van der Waals surface area contributed by atoms with Gasteiger partial charge in [0.2, 0.25) is 0 Å². The van der Waals surface area contributed by atoms with Gasteiger partial charge in [0, 0.05) is 39.2 Å². The molecular formula is C16H10BrN3O3S. The van der Waals surface area contributed by atoms with Gasteiger partial charge in [0.1, 0.15) is 6.61 Å². The molecule has 8 heteroatoms. The minimum Gasteiger partial charge on any atom is -0.456 e. The van der Waals surface area contributed by atoms with Crippen LogP contribution in [0.25, 0.3) is 15.9 Å². The number of ether oxygens (including phenoxy) is 1. The lowest BCUT2D eigenvalue weighted by Gasteiger charge is -2.04. The van der Waals surface area contributed by atoms with Crippen molar-refractivity contribution in [2.24, 2.45) is 0 Å². The molecule has 0 spiro atoms. The average Bonchev–Trinajstić information content (AvgIpc) is 3.19. The van der Waals surface area contributed by atoms with E-state index in [1.54, 1.807) is 17.8 Å². The second kappa shape index (κ2) is 5.88. The number of carbonyl (C=O) groups excluding carboxylic acids is 1. The first-order valence-electron chi connectivity index (χ1n) is 7.01. The molecule has 0 atom stereocenters. The highest BCUT2D eigenvalue weighted by Gasteiger charge is 2.14. The molecule has 0 amide bonds. The third-order valence-corrected chi connectivity index (χ3v) is 4.82. The average molecular weight is 404 g/mol. The Morgan fingerprint density at radius 1 is 1.38 bits per heavy atom. The molecule has 0 aliphatic heterocycles. The number of halogens is 1. The number of hydrogen-bond acceptors (Lipinski definition) is 5. The number of thiazole rings is 1. The molecule has 0 saturated carbocycles. The van der Waals surface area contributed by atoms with Gasteiger partial charge in [0.25, 0.3) is 5.56 Å². The number of aromatic amines is 1. The van der Waals surface area contributed by atoms with Crippen molar-refractivity contribution >= 4 is 49.1 Å². The predicted octanol–water partition coefficient (Wildman–Crippen LogP) is 3.36. The van der Waals surface area contributed by atoms with Gasteiger partial charge >= 0.3 is 5.97 Å². The van der Waals surface area contributed by atoms with Crippen LogP contribution >= 0.6 is 27.3 Å². The maximum absolute atomic E-state index is 12.3. The topological polar surface area (TPSA) is 76.5 Å². The Morgan fingerprint density at radius 3 is 3.12 bits per heavy atom. The third kappa shape index (κ3) is 2.63. The van der Waals surface area contributed by atoms with Gasteiger partial charge in [0.15, 0.2) is 4.96 Å². The molecule has 3 heterocycles. The van der Waals surface area contributed by atoms with E-state index < -0.39 is 5.97 Å². The zero-order valence-corrected chi connectivity index (χ0v) is 14.6. The van der Waals surface area contributed by atoms with Crippen molar-refractivity contribution in [3.05, 3.63) is 68.1 Å². The van der Waals surface area contributed by atoms with Crippen LogP contribution in [0.3, 0.4) is 0 Å². The number of esters is 1. The maximum Gasteiger partial charge on any atom is 0.340 e. The number of rotatable bonds is 3. The Morgan fingerprint density at radius 2 is 2.25 bits per heavy atom. The van der Waals surface area contributed by atoms with Gasteiger partial charge in [-0.05, 0) is 18.2 Å². The summed E-state index contributed by atoms with van der Waals surface area (Å²) in [6.45, 7) is -0.0524. The molecular weight excluding hydrogens is 394 g/mol. The van der Waals surface area contributed by atoms with Crippen molar-refractivity contribution in [3.63, 3.8) is 0 Å². The molecule has 3 aromatic heterocycles. The van der Waals surface area contributed by atoms with E-state index in [0.29, 0.717) is 16.2 Å². The zero-order chi connectivity index (χ0) is 16.7. The van der Waals surface area contributed by atoms with Crippen LogP contribution in [-0.2, 0) is 11.3 Å². The molecule has 6 nitrogen and oxygen atoms in total. The highest BCUT2D eigenvalue weighted by atomic mass is 79.9. The van der Waals surface area contributed by atoms with E-state index in [1.165, 1.54) is 21.8 Å². The van der Waals surface area contributed by atoms with Crippen molar-refractivity contribution < 1.29 is 9.53 Å². The highest BCUT2D eigenvalue weighted by Crippen LogP contribution is 2.23. The Balaban J connectivity index is 1.59. The van der Waals surface area contributed by atoms with E-state index >= 15 is 0 Å². The lowest BCUT2D eigenvalue weighted by molar-refractivity contribution is 0.0470. The molecule has 120 valence electrons. The number of hydrogen-bond donors (Lipinski definition) is 1. The van der Waals surface area contributed by atoms with Crippen LogP contribution in [0.5, 0.6) is 0 Å². The molecule has 0 unspecified atom stereocenters. The summed E-state index contributed by atoms with van der Waals surface area (Å²) in [5.41, 5.74) is 1.53. The molecule has 0 radical (unpaired) electrons. The normalized spacial score (nSPS) is 11.2. The maximum atomic E-state index is 12.3. The summed E-state index contributed by atoms with van der Waals surface area (Å²) in [4.78, 5) is 32.2. The summed E-state index contributed by atoms with van der Waals surface area (Å²) >= 11 is 4.74. The van der Waals surface area contributed by atoms with Gasteiger partial charge in [-0.1, -0.05) is 15.9 Å². The number of aromatic nitrogens is 3. The molecule has 1 N–H and O–H groups in total. The number of H-pyrrole nitrogens is 1. The Hall–Kier alpha value is -2.45. The zero-order valence-electron chi connectivity index (χ0n) is 12.2. The quantitative estimate of drug-likeness (QED) is 0.532. The summed E-state index contributed by atoms with van der Waals surface area (Å²) in [5.74, 6) is -0.465. The fourth-order valence-electron chi connectivity index (χ4n) is 2.44. The van der Waals surface area contributed by atoms with Gasteiger partial charge in [0.05, 0.1) is 11.3 Å². The molecule has 0 saturated heterocycles. The van der Waals surface area contributed by atoms with Crippen LogP contribution in [0, 0.1) is 0 Å². The fraction of sp³-hybridized carbons (Fsp3) is 0.0625. The largest absolute Gasteiger partial charge is 0.456 e. The van der Waals surface area contributed by atoms with Gasteiger partial charge in [-0.25, -0.2) is 9.78 Å². The Bertz CT molecular complexity index is 1130. The molecule has 4 rings (SSSR count). The number of nitrogens with zero attached hydrogens (tertiary/aromatic N) is 2. The molecule has 0 aliphatic rings. The van der Waals surface area contributed by atoms with Gasteiger partial charge < -0.3 is 9.72 Å². The minimum absolute atomic E-state index is 0.0524. The monoisotopic (exact) mass is 403 g/mol. The molecule has 0 bridgehead atoms. The minimum atomic E-state index is -0.465. The lowest BCUT2D eigenvalue weighted by atomic mass is 10.2. The first kappa shape index (κ1) is 15.1. The predicted molar refractivity (Wildman–Crippen MR) is 94.5 cm³/mol. The second-order valence-corrected chi connectivity index (χ2v) is 6.90. The van der Waals surface area contributed by atoms with E-state index in [2.05, 4.69) is 25.9 Å². The summed E-state index contributed by atoms with van der Waals surface area (Å²) < 4.78 is 7.65. The number of fused-ring (bicyclic) bond motifs is 2. The molecule has 0 fully saturated rings. The van der Waals surface area contributed by atoms with Gasteiger partial charge in [-0.2, -0.15) is 0 Å². The SMILES string of the molecule is O=C(OCc1cc(=O)n2ccsc2n1)c1c[nH]c2ccc(Br)cc12. The molecule has 4 aromatic rings. The first-order valence-corrected chi connectivity index (χ1v) is 8.68. The van der Waals surface area contributed by atoms with Crippen LogP contribution in [0.1, 0.15) is 16.1 Å². The van der Waals surface area contributed by atoms with E-state index in [9.17, 15) is 9.59 Å². The van der Waals surface area contributed by atoms with Crippen molar-refractivity contribution in [3.8, 4) is 0 Å². The van der Waals surface area contributed by atoms with Crippen molar-refractivity contribution in [2.75, 3.05) is 0 Å². The fourth-order valence-corrected chi connectivity index (χ4v) is 3.54. The van der Waals surface area contributed by atoms with Crippen LogP contribution in [0.4, 0.5) is 0 Å². The summed E-state index contributed by atoms with van der Waals surface area (Å²) in [6.07, 6.45) is 3.28. The van der Waals surface area contributed by atoms with Crippen LogP contribution < -0.4 is 5.56 Å². The third-order valence-electron chi connectivity index (χ3n) is 3.57. The Kier molecular flexibility index (Phi) is 3.70. The lowest BCUT2D eigenvalue weighted by Crippen LogP contribution is -2.14. The van der Waals surface area contributed by atoms with Crippen molar-refractivity contribution in [1.29, 1.82) is 0 Å². The van der Waals surface area contributed by atoms with Crippen LogP contribution in [0.2, 0.25) is 0 Å². The standard InChI is InChI=1S/C16H10BrN3O3S/c17-9-1-2-13-11(5-9)12(7-18-13)15(22)23-8-10-6-14(21)20-3-4-24-16(20)19-10/h1-7,18H,8H2. The summed E-state index contributed by atoms with van der Waals surface area (Å²) in [7, 11) is 0. The highest BCUT2D eigenvalue weighted by molar-refractivity contribution is 9.10. The van der Waals surface area contributed by atoms with E-state index in [1.807, 2.05) is 18.2 Å². The van der Waals surface area contributed by atoms with Crippen molar-refractivity contribution in [2.45, 2.75) is 6.61 Å². The second-order valence-electron chi connectivity index (χ2n) is 5.11. The first-order chi connectivity index (χ1) is 11.6. The molecule has 1 aromatic carbocycles. The Labute approximate surface area is 147 Å². The summed E-state index contributed by atoms with van der Waals surface area (Å²) in [5, 5.41) is 2.56. The van der Waals surface area contributed by atoms with Gasteiger partial charge in [-0.3, -0.25) is 9.20 Å². The van der Waals surface area contributed by atoms with Crippen LogP contribution in [-0.4, -0.2) is 20.3 Å². The number of carbonyl (C=O) groups is 1. The smallest absolute Gasteiger partial charge is 0.340 e. The number of nitrogens with one attached hydrogen (secondary N) is 1. The van der Waals surface area contributed by atoms with Crippen LogP contribution in [0.15, 0.2) is 51.3 Å². The van der Waals surface area contributed by atoms with E-state index in [4.69, 9.17) is 4.74 Å². The molecule has 24 heavy (non-hydrogen) atoms. The van der Waals surface area contributed by atoms with E-state index in [0.717, 1.165) is 15.4 Å². The van der Waals surface area contributed by atoms with Gasteiger partial charge in [-0.15, -0.1) is 11.3 Å². The summed E-state index contributed by atoms with van der Waals surface area (Å²) in [6, 6.07) is 6.99. The van der Waals surface area contributed by atoms with E-state index in [-0.39, 0.29) is 12.2 Å². The number of benzene rings is 1.